The largest absolute Gasteiger partial charge is 0.463 e. The van der Waals surface area contributed by atoms with Crippen molar-refractivity contribution < 1.29 is 143 Å². The summed E-state index contributed by atoms with van der Waals surface area (Å²) in [5.41, 5.74) is 1.13. The van der Waals surface area contributed by atoms with E-state index in [1.54, 1.807) is 13.8 Å². The summed E-state index contributed by atoms with van der Waals surface area (Å²) in [4.78, 5) is 101. The number of carbonyl (C=O) groups is 9. The molecule has 652 valence electrons. The van der Waals surface area contributed by atoms with Crippen LogP contribution in [-0.4, -0.2) is 226 Å². The van der Waals surface area contributed by atoms with Crippen molar-refractivity contribution in [1.82, 2.24) is 0 Å². The van der Waals surface area contributed by atoms with Gasteiger partial charge >= 0.3 is 53.7 Å². The van der Waals surface area contributed by atoms with Gasteiger partial charge in [0.25, 0.3) is 0 Å². The van der Waals surface area contributed by atoms with Crippen LogP contribution in [0.4, 0.5) is 0 Å². The Labute approximate surface area is 679 Å². The number of hydrogen-bond donors (Lipinski definition) is 0. The van der Waals surface area contributed by atoms with E-state index in [2.05, 4.69) is 58.1 Å². The molecule has 4 saturated carbocycles. The molecule has 30 heteroatoms. The van der Waals surface area contributed by atoms with Crippen molar-refractivity contribution >= 4 is 53.7 Å². The summed E-state index contributed by atoms with van der Waals surface area (Å²) in [6.45, 7) is 45.4. The summed E-state index contributed by atoms with van der Waals surface area (Å²) in [5.74, 6) is -5.65. The molecular weight excluding hydrogens is 1500 g/mol. The highest BCUT2D eigenvalue weighted by molar-refractivity contribution is 5.89. The lowest BCUT2D eigenvalue weighted by Gasteiger charge is -2.44. The van der Waals surface area contributed by atoms with E-state index in [0.717, 1.165) is 127 Å². The Morgan fingerprint density at radius 3 is 0.948 bits per heavy atom. The molecule has 0 bridgehead atoms. The first-order valence-corrected chi connectivity index (χ1v) is 40.8. The Hall–Kier alpha value is -6.81. The maximum absolute atomic E-state index is 11.6. The maximum atomic E-state index is 11.6. The molecule has 0 aromatic heterocycles. The van der Waals surface area contributed by atoms with Crippen molar-refractivity contribution in [3.63, 3.8) is 0 Å². The third kappa shape index (κ3) is 36.1. The van der Waals surface area contributed by atoms with E-state index in [1.165, 1.54) is 26.2 Å². The van der Waals surface area contributed by atoms with Gasteiger partial charge in [0.15, 0.2) is 47.9 Å². The Bertz CT molecular complexity index is 3070. The molecule has 30 nitrogen and oxygen atoms in total. The predicted molar refractivity (Wildman–Crippen MR) is 416 cm³/mol. The molecule has 115 heavy (non-hydrogen) atoms. The van der Waals surface area contributed by atoms with Gasteiger partial charge in [-0.3, -0.25) is 4.79 Å². The molecular formula is C85H132O30. The third-order valence-corrected chi connectivity index (χ3v) is 21.1. The summed E-state index contributed by atoms with van der Waals surface area (Å²) in [5, 5.41) is 0. The minimum atomic E-state index is -0.655. The molecule has 10 aliphatic rings. The van der Waals surface area contributed by atoms with Crippen LogP contribution in [0.2, 0.25) is 0 Å². The Morgan fingerprint density at radius 1 is 0.339 bits per heavy atom. The molecule has 10 fully saturated rings. The highest BCUT2D eigenvalue weighted by Gasteiger charge is 2.45. The monoisotopic (exact) mass is 1630 g/mol. The smallest absolute Gasteiger partial charge is 0.344 e. The van der Waals surface area contributed by atoms with E-state index in [-0.39, 0.29) is 90.5 Å². The molecule has 6 saturated heterocycles. The summed E-state index contributed by atoms with van der Waals surface area (Å²) in [6.07, 6.45) is 22.7. The number of ether oxygens (including phenoxy) is 21. The Balaban J connectivity index is 0.000000247. The first-order valence-electron chi connectivity index (χ1n) is 40.8. The summed E-state index contributed by atoms with van der Waals surface area (Å²) in [7, 11) is 0. The van der Waals surface area contributed by atoms with E-state index in [4.69, 9.17) is 94.7 Å². The highest BCUT2D eigenvalue weighted by atomic mass is 16.8. The average Bonchev–Trinajstić information content (AvgIpc) is 1.47. The van der Waals surface area contributed by atoms with E-state index in [9.17, 15) is 43.2 Å². The Morgan fingerprint density at radius 2 is 0.617 bits per heavy atom. The molecule has 6 heterocycles. The van der Waals surface area contributed by atoms with Crippen molar-refractivity contribution in [1.29, 1.82) is 0 Å². The number of esters is 9. The van der Waals surface area contributed by atoms with Crippen LogP contribution >= 0.6 is 0 Å². The average molecular weight is 1630 g/mol. The van der Waals surface area contributed by atoms with Crippen LogP contribution < -0.4 is 0 Å². The fourth-order valence-electron chi connectivity index (χ4n) is 13.8. The quantitative estimate of drug-likeness (QED) is 0.0399. The number of rotatable bonds is 28. The lowest BCUT2D eigenvalue weighted by Crippen LogP contribution is -2.47. The van der Waals surface area contributed by atoms with Crippen molar-refractivity contribution in [3.8, 4) is 0 Å². The lowest BCUT2D eigenvalue weighted by molar-refractivity contribution is -0.300. The number of hydrogen-bond acceptors (Lipinski definition) is 30. The topological polar surface area (TPSA) is 347 Å². The van der Waals surface area contributed by atoms with Gasteiger partial charge in [0.1, 0.15) is 24.9 Å². The van der Waals surface area contributed by atoms with E-state index in [0.29, 0.717) is 110 Å². The van der Waals surface area contributed by atoms with Gasteiger partial charge in [0, 0.05) is 122 Å². The minimum Gasteiger partial charge on any atom is -0.463 e. The summed E-state index contributed by atoms with van der Waals surface area (Å²) >= 11 is 0. The SMILES string of the molecule is C=C(C)C(=O)OCC(=O)OCC(CC)C1COC(C)(C)OC1.C=C(C)C(=O)OCC(CC)C1COC(C)(C)OC1.C=C(C)C(=O)OCC(CC)C1COC2(CCCCC2)OC1.C=CC(=O)OC1COC2(CCCC2)OC1.C=CC(=O)OCC(=O)OC1COC2(CCCC2)OC1.C=CC(=O)OCCC(=O)OC1COC2(CCCC2)OC1. The van der Waals surface area contributed by atoms with Crippen molar-refractivity contribution in [2.75, 3.05) is 119 Å². The highest BCUT2D eigenvalue weighted by Crippen LogP contribution is 2.41. The van der Waals surface area contributed by atoms with Gasteiger partial charge in [-0.15, -0.1) is 0 Å². The third-order valence-electron chi connectivity index (χ3n) is 21.1. The minimum absolute atomic E-state index is 0.0118. The van der Waals surface area contributed by atoms with Crippen molar-refractivity contribution in [3.05, 3.63) is 74.4 Å². The molecule has 0 aromatic rings. The molecule has 0 aromatic carbocycles. The molecule has 4 aliphatic carbocycles. The van der Waals surface area contributed by atoms with Crippen LogP contribution in [-0.2, 0) is 143 Å². The summed E-state index contributed by atoms with van der Waals surface area (Å²) < 4.78 is 114. The fraction of sp³-hybridized carbons (Fsp3) is 0.753. The molecule has 0 amide bonds. The van der Waals surface area contributed by atoms with E-state index < -0.39 is 84.3 Å². The maximum Gasteiger partial charge on any atom is 0.344 e. The van der Waals surface area contributed by atoms with E-state index in [1.807, 2.05) is 34.6 Å². The summed E-state index contributed by atoms with van der Waals surface area (Å²) in [6, 6.07) is 0. The Kier molecular flexibility index (Phi) is 43.1. The second kappa shape index (κ2) is 50.2. The number of carbonyl (C=O) groups excluding carboxylic acids is 9. The molecule has 0 radical (unpaired) electrons. The standard InChI is InChI=1S/C17H28O4.C16H26O6.C14H20O6.C14H24O4.C13H18O6.C11H16O4/c1-4-14(10-19-16(18)13(2)3)15-11-20-17(21-12-15)8-6-5-7-9-17;1-6-12(13-8-21-16(4,5)22-9-13)7-19-14(17)10-20-15(18)11(2)3;1-2-12(15)17-8-5-13(16)20-11-9-18-14(19-10-11)6-3-4-7-14;1-6-11(7-16-13(15)10(2)3)12-8-17-14(4,5)18-9-12;1-2-11(14)16-9-12(15)19-10-7-17-13(18-8-10)5-3-4-6-13;1-2-10(12)15-9-7-13-11(14-8-9)5-3-4-6-11/h14-15H,2,4-12H2,1,3H3;12-13H,2,6-10H2,1,3-5H3;2,11H,1,3-10H2;11-12H,2,6-9H2,1,3-5H3;2,10H,1,3-9H2;2,9H,1,3-8H2. The lowest BCUT2D eigenvalue weighted by atomic mass is 9.88. The van der Waals surface area contributed by atoms with Crippen LogP contribution in [0.5, 0.6) is 0 Å². The van der Waals surface area contributed by atoms with Gasteiger partial charge in [-0.2, -0.15) is 0 Å². The fourth-order valence-corrected chi connectivity index (χ4v) is 13.8. The van der Waals surface area contributed by atoms with Crippen molar-refractivity contribution in [2.45, 2.75) is 257 Å². The van der Waals surface area contributed by atoms with Crippen LogP contribution in [0.25, 0.3) is 0 Å². The van der Waals surface area contributed by atoms with Crippen LogP contribution in [0.3, 0.4) is 0 Å². The molecule has 4 spiro atoms. The van der Waals surface area contributed by atoms with Gasteiger partial charge in [0.2, 0.25) is 0 Å². The van der Waals surface area contributed by atoms with E-state index >= 15 is 0 Å². The second-order valence-electron chi connectivity index (χ2n) is 31.4. The molecule has 3 atom stereocenters. The molecule has 0 N–H and O–H groups in total. The second-order valence-corrected chi connectivity index (χ2v) is 31.4. The normalized spacial score (nSPS) is 22.1. The van der Waals surface area contributed by atoms with Gasteiger partial charge in [-0.05, 0) is 119 Å². The van der Waals surface area contributed by atoms with Crippen LogP contribution in [0.15, 0.2) is 74.4 Å². The van der Waals surface area contributed by atoms with Crippen molar-refractivity contribution in [2.24, 2.45) is 35.5 Å². The van der Waals surface area contributed by atoms with Crippen LogP contribution in [0, 0.1) is 35.5 Å². The first-order chi connectivity index (χ1) is 54.7. The zero-order valence-electron chi connectivity index (χ0n) is 70.0. The van der Waals surface area contributed by atoms with Gasteiger partial charge in [-0.1, -0.05) is 66.7 Å². The van der Waals surface area contributed by atoms with Gasteiger partial charge < -0.3 is 99.5 Å². The molecule has 6 aliphatic heterocycles. The van der Waals surface area contributed by atoms with Gasteiger partial charge in [-0.25, -0.2) is 38.4 Å². The van der Waals surface area contributed by atoms with Crippen LogP contribution in [0.1, 0.15) is 204 Å². The molecule has 3 unspecified atom stereocenters. The first kappa shape index (κ1) is 98.8. The molecule has 10 rings (SSSR count). The zero-order valence-corrected chi connectivity index (χ0v) is 70.0. The van der Waals surface area contributed by atoms with Gasteiger partial charge in [0.05, 0.1) is 106 Å². The zero-order chi connectivity index (χ0) is 84.7. The predicted octanol–water partition coefficient (Wildman–Crippen LogP) is 11.7.